The first kappa shape index (κ1) is 22.1. The quantitative estimate of drug-likeness (QED) is 0.341. The van der Waals surface area contributed by atoms with Gasteiger partial charge in [0.15, 0.2) is 0 Å². The highest BCUT2D eigenvalue weighted by atomic mass is 16.5. The van der Waals surface area contributed by atoms with Crippen LogP contribution in [0.3, 0.4) is 0 Å². The molecule has 6 heteroatoms. The Kier molecular flexibility index (Phi) is 6.18. The van der Waals surface area contributed by atoms with Crippen LogP contribution < -0.4 is 9.47 Å². The molecule has 0 radical (unpaired) electrons. The Morgan fingerprint density at radius 2 is 1.61 bits per heavy atom. The highest BCUT2D eigenvalue weighted by Crippen LogP contribution is 2.41. The number of carbonyl (C=O) groups excluding carboxylic acids is 2. The third-order valence-corrected chi connectivity index (χ3v) is 5.83. The summed E-state index contributed by atoms with van der Waals surface area (Å²) in [6.45, 7) is 2.02. The molecule has 3 aromatic rings. The van der Waals surface area contributed by atoms with Gasteiger partial charge in [-0.25, -0.2) is 0 Å². The predicted octanol–water partition coefficient (Wildman–Crippen LogP) is 4.63. The average molecular weight is 443 g/mol. The molecule has 0 aromatic heterocycles. The number of Topliss-reactive ketones (excluding diaryl/α,β-unsaturated/α-hetero) is 1. The minimum absolute atomic E-state index is 0.0716. The molecule has 1 N–H and O–H groups in total. The zero-order chi connectivity index (χ0) is 23.5. The van der Waals surface area contributed by atoms with Crippen LogP contribution in [0, 0.1) is 6.92 Å². The van der Waals surface area contributed by atoms with Crippen molar-refractivity contribution in [3.8, 4) is 11.5 Å². The Morgan fingerprint density at radius 3 is 2.27 bits per heavy atom. The van der Waals surface area contributed by atoms with Gasteiger partial charge < -0.3 is 19.5 Å². The average Bonchev–Trinajstić information content (AvgIpc) is 3.09. The maximum atomic E-state index is 13.2. The fraction of sp³-hybridized carbons (Fsp3) is 0.185. The topological polar surface area (TPSA) is 76.1 Å². The van der Waals surface area contributed by atoms with Gasteiger partial charge in [-0.2, -0.15) is 0 Å². The van der Waals surface area contributed by atoms with Crippen molar-refractivity contribution in [1.82, 2.24) is 4.90 Å². The van der Waals surface area contributed by atoms with Gasteiger partial charge in [0.25, 0.3) is 11.7 Å². The number of aliphatic hydroxyl groups excluding tert-OH is 1. The minimum Gasteiger partial charge on any atom is -0.507 e. The summed E-state index contributed by atoms with van der Waals surface area (Å²) in [4.78, 5) is 27.9. The summed E-state index contributed by atoms with van der Waals surface area (Å²) in [6, 6.07) is 21.1. The fourth-order valence-electron chi connectivity index (χ4n) is 4.17. The van der Waals surface area contributed by atoms with Crippen LogP contribution in [0.2, 0.25) is 0 Å². The van der Waals surface area contributed by atoms with Crippen LogP contribution in [0.15, 0.2) is 78.4 Å². The maximum absolute atomic E-state index is 13.2. The molecule has 1 unspecified atom stereocenters. The van der Waals surface area contributed by atoms with Crippen LogP contribution in [0.1, 0.15) is 28.3 Å². The monoisotopic (exact) mass is 443 g/mol. The number of ketones is 1. The zero-order valence-electron chi connectivity index (χ0n) is 18.7. The summed E-state index contributed by atoms with van der Waals surface area (Å²) >= 11 is 0. The molecule has 1 aliphatic rings. The van der Waals surface area contributed by atoms with Crippen molar-refractivity contribution in [2.75, 3.05) is 14.2 Å². The van der Waals surface area contributed by atoms with Crippen LogP contribution in [-0.2, 0) is 16.1 Å². The lowest BCUT2D eigenvalue weighted by Crippen LogP contribution is -2.29. The molecule has 1 atom stereocenters. The first-order chi connectivity index (χ1) is 15.9. The number of aryl methyl sites for hydroxylation is 1. The second-order valence-electron chi connectivity index (χ2n) is 7.87. The molecule has 0 bridgehead atoms. The lowest BCUT2D eigenvalue weighted by atomic mass is 9.94. The van der Waals surface area contributed by atoms with E-state index in [0.29, 0.717) is 17.1 Å². The third-order valence-electron chi connectivity index (χ3n) is 5.83. The predicted molar refractivity (Wildman–Crippen MR) is 125 cm³/mol. The molecule has 1 saturated heterocycles. The van der Waals surface area contributed by atoms with E-state index in [-0.39, 0.29) is 17.9 Å². The van der Waals surface area contributed by atoms with Crippen molar-refractivity contribution >= 4 is 17.4 Å². The van der Waals surface area contributed by atoms with E-state index < -0.39 is 17.7 Å². The highest BCUT2D eigenvalue weighted by molar-refractivity contribution is 6.46. The summed E-state index contributed by atoms with van der Waals surface area (Å²) in [5.74, 6) is -0.259. The minimum atomic E-state index is -0.723. The fourth-order valence-corrected chi connectivity index (χ4v) is 4.17. The standard InChI is InChI=1S/C27H25NO5/c1-17-14-21(33-3)12-13-22(17)25(29)23-24(19-9-5-4-6-10-19)28(27(31)26(23)30)16-18-8-7-11-20(15-18)32-2/h4-15,24,29H,16H2,1-3H3/b25-23-. The molecule has 1 heterocycles. The molecule has 168 valence electrons. The van der Waals surface area contributed by atoms with E-state index in [1.807, 2.05) is 61.5 Å². The van der Waals surface area contributed by atoms with E-state index >= 15 is 0 Å². The Hall–Kier alpha value is -4.06. The maximum Gasteiger partial charge on any atom is 0.295 e. The highest BCUT2D eigenvalue weighted by Gasteiger charge is 2.46. The van der Waals surface area contributed by atoms with Gasteiger partial charge in [-0.05, 0) is 53.9 Å². The smallest absolute Gasteiger partial charge is 0.295 e. The Balaban J connectivity index is 1.85. The summed E-state index contributed by atoms with van der Waals surface area (Å²) < 4.78 is 10.5. The number of carbonyl (C=O) groups is 2. The van der Waals surface area contributed by atoms with Gasteiger partial charge in [0.1, 0.15) is 17.3 Å². The van der Waals surface area contributed by atoms with Crippen LogP contribution in [0.5, 0.6) is 11.5 Å². The summed E-state index contributed by atoms with van der Waals surface area (Å²) in [6.07, 6.45) is 0. The third kappa shape index (κ3) is 4.20. The number of ether oxygens (including phenoxy) is 2. The van der Waals surface area contributed by atoms with Crippen LogP contribution >= 0.6 is 0 Å². The molecular formula is C27H25NO5. The normalized spacial score (nSPS) is 17.3. The SMILES string of the molecule is COc1cccc(CN2C(=O)C(=O)/C(=C(\O)c3ccc(OC)cc3C)C2c2ccccc2)c1. The molecule has 0 spiro atoms. The van der Waals surface area contributed by atoms with E-state index in [9.17, 15) is 14.7 Å². The van der Waals surface area contributed by atoms with Gasteiger partial charge in [0, 0.05) is 12.1 Å². The second-order valence-corrected chi connectivity index (χ2v) is 7.87. The summed E-state index contributed by atoms with van der Waals surface area (Å²) in [7, 11) is 3.14. The van der Waals surface area contributed by atoms with Crippen molar-refractivity contribution in [3.05, 3.63) is 101 Å². The van der Waals surface area contributed by atoms with Crippen molar-refractivity contribution < 1.29 is 24.2 Å². The lowest BCUT2D eigenvalue weighted by Gasteiger charge is -2.25. The van der Waals surface area contributed by atoms with E-state index in [0.717, 1.165) is 16.7 Å². The number of likely N-dealkylation sites (tertiary alicyclic amines) is 1. The van der Waals surface area contributed by atoms with Gasteiger partial charge in [-0.3, -0.25) is 9.59 Å². The molecule has 33 heavy (non-hydrogen) atoms. The summed E-state index contributed by atoms with van der Waals surface area (Å²) in [5, 5.41) is 11.3. The van der Waals surface area contributed by atoms with Gasteiger partial charge in [-0.15, -0.1) is 0 Å². The summed E-state index contributed by atoms with van der Waals surface area (Å²) in [5.41, 5.74) is 2.85. The van der Waals surface area contributed by atoms with Gasteiger partial charge in [-0.1, -0.05) is 42.5 Å². The molecule has 1 fully saturated rings. The first-order valence-corrected chi connectivity index (χ1v) is 10.6. The number of amides is 1. The number of methoxy groups -OCH3 is 2. The number of aliphatic hydroxyl groups is 1. The molecule has 1 aliphatic heterocycles. The van der Waals surface area contributed by atoms with Crippen molar-refractivity contribution in [2.24, 2.45) is 0 Å². The molecule has 4 rings (SSSR count). The van der Waals surface area contributed by atoms with E-state index in [4.69, 9.17) is 9.47 Å². The number of hydrogen-bond donors (Lipinski definition) is 1. The molecule has 3 aromatic carbocycles. The Bertz CT molecular complexity index is 1230. The number of rotatable bonds is 6. The largest absolute Gasteiger partial charge is 0.507 e. The first-order valence-electron chi connectivity index (χ1n) is 10.6. The lowest BCUT2D eigenvalue weighted by molar-refractivity contribution is -0.140. The Labute approximate surface area is 192 Å². The zero-order valence-corrected chi connectivity index (χ0v) is 18.7. The van der Waals surface area contributed by atoms with Crippen molar-refractivity contribution in [3.63, 3.8) is 0 Å². The molecule has 0 saturated carbocycles. The van der Waals surface area contributed by atoms with Crippen LogP contribution in [0.25, 0.3) is 5.76 Å². The van der Waals surface area contributed by atoms with Crippen LogP contribution in [0.4, 0.5) is 0 Å². The number of nitrogens with zero attached hydrogens (tertiary/aromatic N) is 1. The Morgan fingerprint density at radius 1 is 0.909 bits per heavy atom. The van der Waals surface area contributed by atoms with Gasteiger partial charge in [0.2, 0.25) is 0 Å². The van der Waals surface area contributed by atoms with Gasteiger partial charge in [0.05, 0.1) is 25.8 Å². The number of benzene rings is 3. The van der Waals surface area contributed by atoms with E-state index in [2.05, 4.69) is 0 Å². The molecule has 0 aliphatic carbocycles. The molecular weight excluding hydrogens is 418 g/mol. The van der Waals surface area contributed by atoms with E-state index in [1.54, 1.807) is 32.4 Å². The van der Waals surface area contributed by atoms with Crippen LogP contribution in [-0.4, -0.2) is 35.9 Å². The van der Waals surface area contributed by atoms with Gasteiger partial charge >= 0.3 is 0 Å². The van der Waals surface area contributed by atoms with Crippen molar-refractivity contribution in [2.45, 2.75) is 19.5 Å². The van der Waals surface area contributed by atoms with E-state index in [1.165, 1.54) is 4.90 Å². The molecule has 6 nitrogen and oxygen atoms in total. The van der Waals surface area contributed by atoms with Crippen molar-refractivity contribution in [1.29, 1.82) is 0 Å². The number of hydrogen-bond acceptors (Lipinski definition) is 5. The second kappa shape index (κ2) is 9.20. The molecule has 1 amide bonds.